The topological polar surface area (TPSA) is 77.8 Å². The molecule has 5 nitrogen and oxygen atoms in total. The number of aromatic nitrogens is 1. The number of nitrogens with zero attached hydrogens (tertiary/aromatic N) is 2. The fourth-order valence-corrected chi connectivity index (χ4v) is 2.69. The predicted octanol–water partition coefficient (Wildman–Crippen LogP) is 4.18. The first-order valence-electron chi connectivity index (χ1n) is 6.79. The van der Waals surface area contributed by atoms with E-state index in [2.05, 4.69) is 15.6 Å². The summed E-state index contributed by atoms with van der Waals surface area (Å²) in [5.74, 6) is -0.504. The Morgan fingerprint density at radius 1 is 1.39 bits per heavy atom. The number of hydrogen-bond donors (Lipinski definition) is 2. The minimum atomic E-state index is -0.504. The van der Waals surface area contributed by atoms with E-state index < -0.39 is 5.91 Å². The molecule has 0 aliphatic carbocycles. The fraction of sp³-hybridized carbons (Fsp3) is 0.188. The molecule has 2 aromatic rings. The van der Waals surface area contributed by atoms with Crippen molar-refractivity contribution in [2.45, 2.75) is 20.8 Å². The van der Waals surface area contributed by atoms with E-state index in [4.69, 9.17) is 11.6 Å². The van der Waals surface area contributed by atoms with Crippen LogP contribution in [0.4, 0.5) is 10.8 Å². The smallest absolute Gasteiger partial charge is 0.267 e. The minimum Gasteiger partial charge on any atom is -0.337 e. The molecular weight excluding hydrogens is 332 g/mol. The Hall–Kier alpha value is -2.36. The number of carbonyl (C=O) groups is 1. The molecule has 0 fully saturated rings. The second kappa shape index (κ2) is 7.27. The van der Waals surface area contributed by atoms with Gasteiger partial charge in [0, 0.05) is 21.8 Å². The van der Waals surface area contributed by atoms with Crippen molar-refractivity contribution in [3.8, 4) is 6.07 Å². The second-order valence-corrected chi connectivity index (χ2v) is 6.53. The molecule has 0 saturated carbocycles. The molecule has 0 aliphatic rings. The highest BCUT2D eigenvalue weighted by Gasteiger charge is 2.11. The molecule has 0 bridgehead atoms. The number of halogens is 1. The van der Waals surface area contributed by atoms with Crippen LogP contribution in [0.15, 0.2) is 30.0 Å². The molecule has 1 aromatic heterocycles. The molecule has 1 heterocycles. The van der Waals surface area contributed by atoms with Gasteiger partial charge in [0.1, 0.15) is 11.6 Å². The normalized spacial score (nSPS) is 11.0. The Morgan fingerprint density at radius 2 is 2.13 bits per heavy atom. The maximum absolute atomic E-state index is 12.2. The Kier molecular flexibility index (Phi) is 5.37. The van der Waals surface area contributed by atoms with Crippen LogP contribution >= 0.6 is 22.9 Å². The van der Waals surface area contributed by atoms with E-state index in [0.29, 0.717) is 15.8 Å². The van der Waals surface area contributed by atoms with E-state index in [-0.39, 0.29) is 5.57 Å². The first kappa shape index (κ1) is 17.0. The highest BCUT2D eigenvalue weighted by Crippen LogP contribution is 2.22. The Balaban J connectivity index is 2.13. The van der Waals surface area contributed by atoms with Gasteiger partial charge in [0.15, 0.2) is 5.13 Å². The molecular formula is C16H15ClN4OS. The van der Waals surface area contributed by atoms with Crippen LogP contribution in [0.2, 0.25) is 5.02 Å². The molecule has 1 aromatic carbocycles. The van der Waals surface area contributed by atoms with Crippen LogP contribution in [0, 0.1) is 32.1 Å². The maximum Gasteiger partial charge on any atom is 0.267 e. The third-order valence-corrected chi connectivity index (χ3v) is 4.42. The van der Waals surface area contributed by atoms with E-state index in [1.165, 1.54) is 17.5 Å². The van der Waals surface area contributed by atoms with Gasteiger partial charge >= 0.3 is 0 Å². The van der Waals surface area contributed by atoms with Gasteiger partial charge in [-0.1, -0.05) is 17.7 Å². The highest BCUT2D eigenvalue weighted by molar-refractivity contribution is 7.15. The van der Waals surface area contributed by atoms with Crippen molar-refractivity contribution in [2.24, 2.45) is 0 Å². The lowest BCUT2D eigenvalue weighted by atomic mass is 10.2. The van der Waals surface area contributed by atoms with Crippen molar-refractivity contribution < 1.29 is 4.79 Å². The van der Waals surface area contributed by atoms with Gasteiger partial charge in [-0.2, -0.15) is 5.26 Å². The first-order valence-corrected chi connectivity index (χ1v) is 7.98. The van der Waals surface area contributed by atoms with E-state index >= 15 is 0 Å². The number of nitrogens with one attached hydrogen (secondary N) is 2. The number of aryl methyl sites for hydroxylation is 3. The number of thiazole rings is 1. The van der Waals surface area contributed by atoms with Crippen molar-refractivity contribution in [1.82, 2.24) is 4.98 Å². The summed E-state index contributed by atoms with van der Waals surface area (Å²) in [6.07, 6.45) is 1.35. The number of carbonyl (C=O) groups excluding carboxylic acids is 1. The van der Waals surface area contributed by atoms with Gasteiger partial charge in [-0.3, -0.25) is 4.79 Å². The molecule has 1 amide bonds. The van der Waals surface area contributed by atoms with Gasteiger partial charge in [0.05, 0.1) is 5.69 Å². The van der Waals surface area contributed by atoms with Gasteiger partial charge in [-0.15, -0.1) is 11.3 Å². The minimum absolute atomic E-state index is 0.0464. The van der Waals surface area contributed by atoms with Crippen LogP contribution in [0.25, 0.3) is 0 Å². The average molecular weight is 347 g/mol. The van der Waals surface area contributed by atoms with Gasteiger partial charge in [-0.25, -0.2) is 4.98 Å². The highest BCUT2D eigenvalue weighted by atomic mass is 35.5. The molecule has 7 heteroatoms. The molecule has 118 valence electrons. The zero-order chi connectivity index (χ0) is 17.0. The van der Waals surface area contributed by atoms with E-state index in [1.807, 2.05) is 26.8 Å². The Labute approximate surface area is 143 Å². The summed E-state index contributed by atoms with van der Waals surface area (Å²) in [6.45, 7) is 5.71. The summed E-state index contributed by atoms with van der Waals surface area (Å²) in [7, 11) is 0. The van der Waals surface area contributed by atoms with Crippen molar-refractivity contribution >= 4 is 39.7 Å². The summed E-state index contributed by atoms with van der Waals surface area (Å²) in [4.78, 5) is 17.6. The van der Waals surface area contributed by atoms with Gasteiger partial charge in [0.2, 0.25) is 0 Å². The number of rotatable bonds is 4. The Bertz CT molecular complexity index is 800. The van der Waals surface area contributed by atoms with Gasteiger partial charge in [-0.05, 0) is 38.5 Å². The average Bonchev–Trinajstić information content (AvgIpc) is 2.82. The fourth-order valence-electron chi connectivity index (χ4n) is 1.74. The SMILES string of the molecule is Cc1ccc(Cl)cc1NC(=O)/C(C#N)=C\Nc1nc(C)c(C)s1. The van der Waals surface area contributed by atoms with E-state index in [1.54, 1.807) is 18.2 Å². The summed E-state index contributed by atoms with van der Waals surface area (Å²) in [5.41, 5.74) is 2.31. The van der Waals surface area contributed by atoms with E-state index in [9.17, 15) is 10.1 Å². The van der Waals surface area contributed by atoms with Crippen LogP contribution in [0.5, 0.6) is 0 Å². The summed E-state index contributed by atoms with van der Waals surface area (Å²) >= 11 is 7.38. The third-order valence-electron chi connectivity index (χ3n) is 3.18. The second-order valence-electron chi connectivity index (χ2n) is 4.89. The maximum atomic E-state index is 12.2. The molecule has 0 radical (unpaired) electrons. The summed E-state index contributed by atoms with van der Waals surface area (Å²) in [5, 5.41) is 15.9. The van der Waals surface area contributed by atoms with Gasteiger partial charge in [0.25, 0.3) is 5.91 Å². The molecule has 0 aliphatic heterocycles. The van der Waals surface area contributed by atoms with Gasteiger partial charge < -0.3 is 10.6 Å². The largest absolute Gasteiger partial charge is 0.337 e. The first-order chi connectivity index (χ1) is 10.9. The molecule has 23 heavy (non-hydrogen) atoms. The molecule has 2 rings (SSSR count). The lowest BCUT2D eigenvalue weighted by molar-refractivity contribution is -0.112. The van der Waals surface area contributed by atoms with Crippen LogP contribution < -0.4 is 10.6 Å². The molecule has 0 spiro atoms. The predicted molar refractivity (Wildman–Crippen MR) is 93.7 cm³/mol. The van der Waals surface area contributed by atoms with Crippen LogP contribution in [-0.4, -0.2) is 10.9 Å². The van der Waals surface area contributed by atoms with Crippen molar-refractivity contribution in [2.75, 3.05) is 10.6 Å². The van der Waals surface area contributed by atoms with Crippen LogP contribution in [0.3, 0.4) is 0 Å². The number of anilines is 2. The zero-order valence-corrected chi connectivity index (χ0v) is 14.5. The molecule has 2 N–H and O–H groups in total. The molecule has 0 saturated heterocycles. The summed E-state index contributed by atoms with van der Waals surface area (Å²) < 4.78 is 0. The number of nitriles is 1. The third kappa shape index (κ3) is 4.31. The summed E-state index contributed by atoms with van der Waals surface area (Å²) in [6, 6.07) is 7.06. The van der Waals surface area contributed by atoms with Crippen molar-refractivity contribution in [3.05, 3.63) is 51.1 Å². The number of amides is 1. The van der Waals surface area contributed by atoms with Crippen molar-refractivity contribution in [3.63, 3.8) is 0 Å². The van der Waals surface area contributed by atoms with E-state index in [0.717, 1.165) is 16.1 Å². The number of hydrogen-bond acceptors (Lipinski definition) is 5. The monoisotopic (exact) mass is 346 g/mol. The quantitative estimate of drug-likeness (QED) is 0.643. The van der Waals surface area contributed by atoms with Crippen molar-refractivity contribution in [1.29, 1.82) is 5.26 Å². The zero-order valence-electron chi connectivity index (χ0n) is 12.9. The van der Waals surface area contributed by atoms with Crippen LogP contribution in [0.1, 0.15) is 16.1 Å². The molecule has 0 atom stereocenters. The lowest BCUT2D eigenvalue weighted by Crippen LogP contribution is -2.15. The Morgan fingerprint density at radius 3 is 2.74 bits per heavy atom. The van der Waals surface area contributed by atoms with Crippen LogP contribution in [-0.2, 0) is 4.79 Å². The molecule has 0 unspecified atom stereocenters. The standard InChI is InChI=1S/C16H15ClN4OS/c1-9-4-5-13(17)6-14(9)21-15(22)12(7-18)8-19-16-20-10(2)11(3)23-16/h4-6,8H,1-3H3,(H,19,20)(H,21,22)/b12-8-. The number of benzene rings is 1. The lowest BCUT2D eigenvalue weighted by Gasteiger charge is -2.08.